The summed E-state index contributed by atoms with van der Waals surface area (Å²) in [5.41, 5.74) is 0.641. The van der Waals surface area contributed by atoms with Crippen LogP contribution in [0.5, 0.6) is 0 Å². The van der Waals surface area contributed by atoms with Gasteiger partial charge >= 0.3 is 0 Å². The number of hydrogen-bond donors (Lipinski definition) is 1. The third kappa shape index (κ3) is 1.31. The fraction of sp³-hybridized carbons (Fsp3) is 0.182. The second-order valence-corrected chi connectivity index (χ2v) is 3.23. The summed E-state index contributed by atoms with van der Waals surface area (Å²) in [5, 5.41) is 4.80. The number of fused-ring (bicyclic) bond motifs is 1. The Hall–Kier alpha value is -1.64. The molecule has 0 atom stereocenters. The number of anilines is 1. The van der Waals surface area contributed by atoms with E-state index in [4.69, 9.17) is 0 Å². The molecular weight excluding hydrogens is 179 g/mol. The molecule has 0 fully saturated rings. The Kier molecular flexibility index (Phi) is 2.08. The summed E-state index contributed by atoms with van der Waals surface area (Å²) in [6.45, 7) is 1.75. The largest absolute Gasteiger partial charge is 0.373 e. The van der Waals surface area contributed by atoms with E-state index in [1.165, 1.54) is 6.07 Å². The smallest absolute Gasteiger partial charge is 0.133 e. The molecule has 0 aliphatic carbocycles. The Balaban J connectivity index is 2.81. The van der Waals surface area contributed by atoms with Gasteiger partial charge in [-0.1, -0.05) is 0 Å². The molecule has 0 saturated heterocycles. The second kappa shape index (κ2) is 3.25. The minimum atomic E-state index is -0.175. The molecule has 0 aliphatic rings. The maximum atomic E-state index is 13.2. The van der Waals surface area contributed by atoms with Crippen LogP contribution in [0.15, 0.2) is 24.4 Å². The van der Waals surface area contributed by atoms with Crippen molar-refractivity contribution < 1.29 is 4.39 Å². The molecular formula is C11H11FN2. The zero-order valence-corrected chi connectivity index (χ0v) is 8.13. The van der Waals surface area contributed by atoms with Gasteiger partial charge in [-0.15, -0.1) is 0 Å². The Morgan fingerprint density at radius 3 is 2.86 bits per heavy atom. The van der Waals surface area contributed by atoms with E-state index in [1.54, 1.807) is 26.2 Å². The van der Waals surface area contributed by atoms with Crippen molar-refractivity contribution in [2.45, 2.75) is 6.92 Å². The number of nitrogens with one attached hydrogen (secondary N) is 1. The van der Waals surface area contributed by atoms with Gasteiger partial charge in [-0.25, -0.2) is 9.37 Å². The van der Waals surface area contributed by atoms with Crippen LogP contribution in [-0.4, -0.2) is 12.0 Å². The first-order chi connectivity index (χ1) is 6.72. The van der Waals surface area contributed by atoms with E-state index >= 15 is 0 Å². The molecule has 3 heteroatoms. The standard InChI is InChI=1S/C11H11FN2/c1-7-5-9-8(6-10(7)12)3-4-14-11(9)13-2/h3-6H,1-2H3,(H,13,14). The summed E-state index contributed by atoms with van der Waals surface area (Å²) >= 11 is 0. The molecule has 1 heterocycles. The number of nitrogens with zero attached hydrogens (tertiary/aromatic N) is 1. The first kappa shape index (κ1) is 8.94. The van der Waals surface area contributed by atoms with Gasteiger partial charge in [0, 0.05) is 18.6 Å². The van der Waals surface area contributed by atoms with E-state index < -0.39 is 0 Å². The summed E-state index contributed by atoms with van der Waals surface area (Å²) in [7, 11) is 1.81. The topological polar surface area (TPSA) is 24.9 Å². The number of aryl methyl sites for hydroxylation is 1. The maximum Gasteiger partial charge on any atom is 0.133 e. The average Bonchev–Trinajstić information content (AvgIpc) is 2.19. The minimum Gasteiger partial charge on any atom is -0.373 e. The van der Waals surface area contributed by atoms with Gasteiger partial charge in [0.15, 0.2) is 0 Å². The number of hydrogen-bond acceptors (Lipinski definition) is 2. The molecule has 2 rings (SSSR count). The van der Waals surface area contributed by atoms with Gasteiger partial charge in [0.1, 0.15) is 11.6 Å². The summed E-state index contributed by atoms with van der Waals surface area (Å²) < 4.78 is 13.2. The highest BCUT2D eigenvalue weighted by atomic mass is 19.1. The van der Waals surface area contributed by atoms with Gasteiger partial charge in [-0.05, 0) is 36.1 Å². The van der Waals surface area contributed by atoms with Crippen LogP contribution in [0.3, 0.4) is 0 Å². The van der Waals surface area contributed by atoms with Crippen LogP contribution >= 0.6 is 0 Å². The van der Waals surface area contributed by atoms with Gasteiger partial charge in [0.25, 0.3) is 0 Å². The molecule has 72 valence electrons. The van der Waals surface area contributed by atoms with Crippen molar-refractivity contribution in [2.24, 2.45) is 0 Å². The molecule has 14 heavy (non-hydrogen) atoms. The Morgan fingerprint density at radius 2 is 2.14 bits per heavy atom. The molecule has 0 saturated carbocycles. The predicted molar refractivity (Wildman–Crippen MR) is 56.0 cm³/mol. The highest BCUT2D eigenvalue weighted by Crippen LogP contribution is 2.23. The Labute approximate surface area is 81.8 Å². The van der Waals surface area contributed by atoms with Crippen LogP contribution in [0.4, 0.5) is 10.2 Å². The molecule has 1 aromatic carbocycles. The molecule has 0 amide bonds. The van der Waals surface area contributed by atoms with E-state index in [-0.39, 0.29) is 5.82 Å². The van der Waals surface area contributed by atoms with Crippen LogP contribution in [0, 0.1) is 12.7 Å². The predicted octanol–water partition coefficient (Wildman–Crippen LogP) is 2.72. The van der Waals surface area contributed by atoms with E-state index in [1.807, 2.05) is 6.07 Å². The quantitative estimate of drug-likeness (QED) is 0.747. The van der Waals surface area contributed by atoms with Crippen molar-refractivity contribution in [3.8, 4) is 0 Å². The summed E-state index contributed by atoms with van der Waals surface area (Å²) in [4.78, 5) is 4.16. The van der Waals surface area contributed by atoms with Crippen LogP contribution in [0.25, 0.3) is 10.8 Å². The monoisotopic (exact) mass is 190 g/mol. The number of benzene rings is 1. The zero-order chi connectivity index (χ0) is 10.1. The lowest BCUT2D eigenvalue weighted by Gasteiger charge is -2.05. The van der Waals surface area contributed by atoms with Crippen LogP contribution in [0.1, 0.15) is 5.56 Å². The number of rotatable bonds is 1. The SMILES string of the molecule is CNc1nccc2cc(F)c(C)cc12. The summed E-state index contributed by atoms with van der Waals surface area (Å²) in [5.74, 6) is 0.608. The van der Waals surface area contributed by atoms with Crippen LogP contribution in [-0.2, 0) is 0 Å². The van der Waals surface area contributed by atoms with Gasteiger partial charge in [-0.2, -0.15) is 0 Å². The first-order valence-corrected chi connectivity index (χ1v) is 4.45. The van der Waals surface area contributed by atoms with Crippen LogP contribution in [0.2, 0.25) is 0 Å². The lowest BCUT2D eigenvalue weighted by molar-refractivity contribution is 0.620. The summed E-state index contributed by atoms with van der Waals surface area (Å²) in [6.07, 6.45) is 1.67. The normalized spacial score (nSPS) is 10.5. The van der Waals surface area contributed by atoms with E-state index in [2.05, 4.69) is 10.3 Å². The molecule has 1 N–H and O–H groups in total. The molecule has 0 unspecified atom stereocenters. The third-order valence-corrected chi connectivity index (χ3v) is 2.28. The Bertz CT molecular complexity index is 480. The summed E-state index contributed by atoms with van der Waals surface area (Å²) in [6, 6.07) is 5.15. The van der Waals surface area contributed by atoms with Crippen molar-refractivity contribution in [3.05, 3.63) is 35.8 Å². The second-order valence-electron chi connectivity index (χ2n) is 3.23. The van der Waals surface area contributed by atoms with Crippen LogP contribution < -0.4 is 5.32 Å². The highest BCUT2D eigenvalue weighted by Gasteiger charge is 2.04. The lowest BCUT2D eigenvalue weighted by atomic mass is 10.1. The van der Waals surface area contributed by atoms with Crippen molar-refractivity contribution in [1.82, 2.24) is 4.98 Å². The van der Waals surface area contributed by atoms with Gasteiger partial charge in [-0.3, -0.25) is 0 Å². The van der Waals surface area contributed by atoms with Crippen molar-refractivity contribution in [1.29, 1.82) is 0 Å². The van der Waals surface area contributed by atoms with Crippen molar-refractivity contribution in [2.75, 3.05) is 12.4 Å². The van der Waals surface area contributed by atoms with E-state index in [9.17, 15) is 4.39 Å². The zero-order valence-electron chi connectivity index (χ0n) is 8.13. The fourth-order valence-electron chi connectivity index (χ4n) is 1.50. The highest BCUT2D eigenvalue weighted by molar-refractivity contribution is 5.92. The lowest BCUT2D eigenvalue weighted by Crippen LogP contribution is -1.94. The number of halogens is 1. The first-order valence-electron chi connectivity index (χ1n) is 4.45. The maximum absolute atomic E-state index is 13.2. The molecule has 0 bridgehead atoms. The fourth-order valence-corrected chi connectivity index (χ4v) is 1.50. The van der Waals surface area contributed by atoms with E-state index in [0.717, 1.165) is 16.6 Å². The van der Waals surface area contributed by atoms with Gasteiger partial charge < -0.3 is 5.32 Å². The minimum absolute atomic E-state index is 0.175. The average molecular weight is 190 g/mol. The van der Waals surface area contributed by atoms with E-state index in [0.29, 0.717) is 5.56 Å². The molecule has 2 nitrogen and oxygen atoms in total. The van der Waals surface area contributed by atoms with Crippen molar-refractivity contribution in [3.63, 3.8) is 0 Å². The Morgan fingerprint density at radius 1 is 1.36 bits per heavy atom. The number of pyridine rings is 1. The molecule has 2 aromatic rings. The van der Waals surface area contributed by atoms with Gasteiger partial charge in [0.05, 0.1) is 0 Å². The molecule has 0 spiro atoms. The molecule has 1 aromatic heterocycles. The number of aromatic nitrogens is 1. The molecule has 0 aliphatic heterocycles. The molecule has 0 radical (unpaired) electrons. The van der Waals surface area contributed by atoms with Gasteiger partial charge in [0.2, 0.25) is 0 Å². The third-order valence-electron chi connectivity index (χ3n) is 2.28. The van der Waals surface area contributed by atoms with Crippen molar-refractivity contribution >= 4 is 16.6 Å².